The first-order valence-corrected chi connectivity index (χ1v) is 6.73. The number of nitrogens with two attached hydrogens (primary N) is 1. The number of anilines is 1. The van der Waals surface area contributed by atoms with E-state index < -0.39 is 0 Å². The summed E-state index contributed by atoms with van der Waals surface area (Å²) in [6.45, 7) is 6.00. The molecule has 1 aliphatic heterocycles. The van der Waals surface area contributed by atoms with Crippen LogP contribution >= 0.6 is 12.4 Å². The minimum atomic E-state index is -0.236. The summed E-state index contributed by atoms with van der Waals surface area (Å²) < 4.78 is 5.61. The standard InChI is InChI=1S/C15H22N2O2.ClH/c1-15(2)11-17(9-10-19-15)14(18)8-7-12-5-3-4-6-13(12)16;/h3-6H,7-11,16H2,1-2H3;1H. The minimum absolute atomic E-state index is 0. The third-order valence-electron chi connectivity index (χ3n) is 3.44. The summed E-state index contributed by atoms with van der Waals surface area (Å²) in [5.74, 6) is 0.180. The van der Waals surface area contributed by atoms with Crippen molar-refractivity contribution in [2.45, 2.75) is 32.3 Å². The van der Waals surface area contributed by atoms with E-state index in [0.717, 1.165) is 11.3 Å². The third-order valence-corrected chi connectivity index (χ3v) is 3.44. The van der Waals surface area contributed by atoms with Crippen LogP contribution in [0.1, 0.15) is 25.8 Å². The molecule has 2 N–H and O–H groups in total. The molecular formula is C15H23ClN2O2. The molecule has 2 rings (SSSR count). The van der Waals surface area contributed by atoms with Crippen molar-refractivity contribution in [3.63, 3.8) is 0 Å². The number of hydrogen-bond acceptors (Lipinski definition) is 3. The molecule has 1 aromatic carbocycles. The molecule has 4 nitrogen and oxygen atoms in total. The third kappa shape index (κ3) is 4.39. The Balaban J connectivity index is 0.00000200. The number of halogens is 1. The van der Waals surface area contributed by atoms with E-state index in [0.29, 0.717) is 32.5 Å². The van der Waals surface area contributed by atoms with Gasteiger partial charge >= 0.3 is 0 Å². The fraction of sp³-hybridized carbons (Fsp3) is 0.533. The average molecular weight is 299 g/mol. The summed E-state index contributed by atoms with van der Waals surface area (Å²) in [4.78, 5) is 14.1. The Morgan fingerprint density at radius 1 is 1.40 bits per heavy atom. The molecule has 0 bridgehead atoms. The molecule has 0 atom stereocenters. The predicted molar refractivity (Wildman–Crippen MR) is 83.0 cm³/mol. The first-order valence-electron chi connectivity index (χ1n) is 6.73. The second kappa shape index (κ2) is 6.95. The summed E-state index contributed by atoms with van der Waals surface area (Å²) in [7, 11) is 0. The zero-order chi connectivity index (χ0) is 13.9. The number of carbonyl (C=O) groups excluding carboxylic acids is 1. The van der Waals surface area contributed by atoms with Crippen LogP contribution in [0.2, 0.25) is 0 Å². The van der Waals surface area contributed by atoms with Crippen LogP contribution in [-0.4, -0.2) is 36.1 Å². The molecule has 0 radical (unpaired) electrons. The Bertz CT molecular complexity index is 463. The van der Waals surface area contributed by atoms with Crippen LogP contribution in [-0.2, 0) is 16.0 Å². The Hall–Kier alpha value is -1.26. The molecule has 20 heavy (non-hydrogen) atoms. The number of benzene rings is 1. The molecule has 0 aliphatic carbocycles. The lowest BCUT2D eigenvalue weighted by atomic mass is 10.0. The van der Waals surface area contributed by atoms with Gasteiger partial charge in [0, 0.05) is 25.2 Å². The van der Waals surface area contributed by atoms with E-state index in [1.165, 1.54) is 0 Å². The summed E-state index contributed by atoms with van der Waals surface area (Å²) in [6.07, 6.45) is 1.20. The second-order valence-electron chi connectivity index (χ2n) is 5.62. The molecule has 0 saturated carbocycles. The maximum absolute atomic E-state index is 12.2. The van der Waals surface area contributed by atoms with Crippen LogP contribution in [0.4, 0.5) is 5.69 Å². The number of rotatable bonds is 3. The van der Waals surface area contributed by atoms with Gasteiger partial charge in [0.25, 0.3) is 0 Å². The fourth-order valence-corrected chi connectivity index (χ4v) is 2.39. The predicted octanol–water partition coefficient (Wildman–Crippen LogP) is 2.26. The number of nitrogen functional groups attached to an aromatic ring is 1. The van der Waals surface area contributed by atoms with Crippen LogP contribution in [0, 0.1) is 0 Å². The van der Waals surface area contributed by atoms with E-state index in [1.807, 2.05) is 43.0 Å². The lowest BCUT2D eigenvalue weighted by molar-refractivity contribution is -0.145. The normalized spacial score (nSPS) is 17.4. The number of carbonyl (C=O) groups is 1. The smallest absolute Gasteiger partial charge is 0.223 e. The van der Waals surface area contributed by atoms with Crippen molar-refractivity contribution in [1.29, 1.82) is 0 Å². The van der Waals surface area contributed by atoms with E-state index in [1.54, 1.807) is 0 Å². The van der Waals surface area contributed by atoms with Gasteiger partial charge in [-0.15, -0.1) is 12.4 Å². The molecule has 1 aliphatic rings. The van der Waals surface area contributed by atoms with Crippen molar-refractivity contribution in [2.24, 2.45) is 0 Å². The van der Waals surface area contributed by atoms with Gasteiger partial charge in [0.1, 0.15) is 0 Å². The first kappa shape index (κ1) is 16.8. The van der Waals surface area contributed by atoms with Gasteiger partial charge in [-0.2, -0.15) is 0 Å². The topological polar surface area (TPSA) is 55.6 Å². The van der Waals surface area contributed by atoms with E-state index in [4.69, 9.17) is 10.5 Å². The largest absolute Gasteiger partial charge is 0.399 e. The van der Waals surface area contributed by atoms with E-state index in [2.05, 4.69) is 0 Å². The van der Waals surface area contributed by atoms with Gasteiger partial charge in [-0.3, -0.25) is 4.79 Å². The van der Waals surface area contributed by atoms with E-state index in [9.17, 15) is 4.79 Å². The molecule has 1 aromatic rings. The van der Waals surface area contributed by atoms with Crippen molar-refractivity contribution in [3.05, 3.63) is 29.8 Å². The quantitative estimate of drug-likeness (QED) is 0.871. The van der Waals surface area contributed by atoms with Crippen molar-refractivity contribution >= 4 is 24.0 Å². The maximum Gasteiger partial charge on any atom is 0.223 e. The molecule has 0 aromatic heterocycles. The number of nitrogens with zero attached hydrogens (tertiary/aromatic N) is 1. The summed E-state index contributed by atoms with van der Waals surface area (Å²) >= 11 is 0. The van der Waals surface area contributed by atoms with Gasteiger partial charge < -0.3 is 15.4 Å². The number of para-hydroxylation sites is 1. The SMILES string of the molecule is CC1(C)CN(C(=O)CCc2ccccc2N)CCO1.Cl. The van der Waals surface area contributed by atoms with Crippen LogP contribution in [0.5, 0.6) is 0 Å². The van der Waals surface area contributed by atoms with Gasteiger partial charge in [0.2, 0.25) is 5.91 Å². The highest BCUT2D eigenvalue weighted by Crippen LogP contribution is 2.18. The Labute approximate surface area is 126 Å². The fourth-order valence-electron chi connectivity index (χ4n) is 2.39. The van der Waals surface area contributed by atoms with Gasteiger partial charge in [-0.1, -0.05) is 18.2 Å². The molecule has 1 fully saturated rings. The number of aryl methyl sites for hydroxylation is 1. The molecular weight excluding hydrogens is 276 g/mol. The maximum atomic E-state index is 12.2. The van der Waals surface area contributed by atoms with Gasteiger partial charge in [0.15, 0.2) is 0 Å². The molecule has 0 unspecified atom stereocenters. The van der Waals surface area contributed by atoms with Crippen LogP contribution in [0.25, 0.3) is 0 Å². The highest BCUT2D eigenvalue weighted by atomic mass is 35.5. The lowest BCUT2D eigenvalue weighted by Gasteiger charge is -2.38. The Morgan fingerprint density at radius 3 is 2.75 bits per heavy atom. The van der Waals surface area contributed by atoms with Crippen molar-refractivity contribution < 1.29 is 9.53 Å². The van der Waals surface area contributed by atoms with E-state index >= 15 is 0 Å². The van der Waals surface area contributed by atoms with Crippen molar-refractivity contribution in [3.8, 4) is 0 Å². The van der Waals surface area contributed by atoms with Crippen molar-refractivity contribution in [2.75, 3.05) is 25.4 Å². The Morgan fingerprint density at radius 2 is 2.10 bits per heavy atom. The molecule has 0 spiro atoms. The summed E-state index contributed by atoms with van der Waals surface area (Å²) in [5, 5.41) is 0. The Kier molecular flexibility index (Phi) is 5.84. The van der Waals surface area contributed by atoms with Crippen molar-refractivity contribution in [1.82, 2.24) is 4.90 Å². The lowest BCUT2D eigenvalue weighted by Crippen LogP contribution is -2.50. The zero-order valence-corrected chi connectivity index (χ0v) is 12.9. The molecule has 112 valence electrons. The molecule has 5 heteroatoms. The summed E-state index contributed by atoms with van der Waals surface area (Å²) in [6, 6.07) is 7.71. The molecule has 1 saturated heterocycles. The number of amides is 1. The minimum Gasteiger partial charge on any atom is -0.399 e. The highest BCUT2D eigenvalue weighted by Gasteiger charge is 2.29. The highest BCUT2D eigenvalue weighted by molar-refractivity contribution is 5.85. The second-order valence-corrected chi connectivity index (χ2v) is 5.62. The van der Waals surface area contributed by atoms with Crippen LogP contribution in [0.15, 0.2) is 24.3 Å². The number of hydrogen-bond donors (Lipinski definition) is 1. The van der Waals surface area contributed by atoms with E-state index in [-0.39, 0.29) is 23.9 Å². The van der Waals surface area contributed by atoms with Crippen LogP contribution in [0.3, 0.4) is 0 Å². The summed E-state index contributed by atoms with van der Waals surface area (Å²) in [5.41, 5.74) is 7.45. The average Bonchev–Trinajstić information content (AvgIpc) is 2.36. The van der Waals surface area contributed by atoms with Gasteiger partial charge in [0.05, 0.1) is 12.2 Å². The molecule has 1 heterocycles. The number of ether oxygens (including phenoxy) is 1. The van der Waals surface area contributed by atoms with Crippen LogP contribution < -0.4 is 5.73 Å². The monoisotopic (exact) mass is 298 g/mol. The molecule has 1 amide bonds. The number of morpholine rings is 1. The zero-order valence-electron chi connectivity index (χ0n) is 12.1. The van der Waals surface area contributed by atoms with Gasteiger partial charge in [-0.25, -0.2) is 0 Å². The first-order chi connectivity index (χ1) is 8.98. The van der Waals surface area contributed by atoms with Gasteiger partial charge in [-0.05, 0) is 31.9 Å².